The molecule has 1 heterocycles. The summed E-state index contributed by atoms with van der Waals surface area (Å²) in [7, 11) is 0. The zero-order valence-corrected chi connectivity index (χ0v) is 13.1. The maximum atomic E-state index is 12.3. The molecule has 0 aromatic carbocycles. The summed E-state index contributed by atoms with van der Waals surface area (Å²) in [6.45, 7) is 6.67. The summed E-state index contributed by atoms with van der Waals surface area (Å²) in [4.78, 5) is 37.6. The zero-order valence-electron chi connectivity index (χ0n) is 13.1. The number of nitrogens with one attached hydrogen (secondary N) is 1. The van der Waals surface area contributed by atoms with Crippen molar-refractivity contribution in [3.63, 3.8) is 0 Å². The number of hydrogen-bond donors (Lipinski definition) is 1. The van der Waals surface area contributed by atoms with Crippen LogP contribution in [0.1, 0.15) is 45.4 Å². The number of nitrogens with zero attached hydrogens (tertiary/aromatic N) is 2. The first-order chi connectivity index (χ1) is 10.5. The van der Waals surface area contributed by atoms with Gasteiger partial charge in [-0.05, 0) is 25.2 Å². The van der Waals surface area contributed by atoms with Gasteiger partial charge in [0.15, 0.2) is 0 Å². The Labute approximate surface area is 130 Å². The van der Waals surface area contributed by atoms with Crippen LogP contribution >= 0.6 is 0 Å². The van der Waals surface area contributed by atoms with Crippen LogP contribution in [0, 0.1) is 5.92 Å². The quantitative estimate of drug-likeness (QED) is 0.446. The standard InChI is InChI=1S/C16H23N3O3/c1-3-4-5-6-9-17-15(21)19-10-12(2)14(20)18(16(19)22)11-13-7-8-13/h10,13H,2-9,11H2,1H3/p+1. The van der Waals surface area contributed by atoms with Gasteiger partial charge in [-0.15, -0.1) is 4.58 Å². The van der Waals surface area contributed by atoms with Gasteiger partial charge in [0.2, 0.25) is 0 Å². The van der Waals surface area contributed by atoms with Gasteiger partial charge in [0.25, 0.3) is 0 Å². The minimum absolute atomic E-state index is 0.168. The van der Waals surface area contributed by atoms with Crippen molar-refractivity contribution in [2.45, 2.75) is 45.4 Å². The molecule has 0 unspecified atom stereocenters. The number of carbonyl (C=O) groups excluding carboxylic acids is 3. The van der Waals surface area contributed by atoms with E-state index in [-0.39, 0.29) is 5.57 Å². The van der Waals surface area contributed by atoms with Gasteiger partial charge in [0, 0.05) is 0 Å². The molecule has 1 aliphatic carbocycles. The monoisotopic (exact) mass is 306 g/mol. The number of amides is 5. The predicted octanol–water partition coefficient (Wildman–Crippen LogP) is 2.29. The molecule has 0 radical (unpaired) electrons. The van der Waals surface area contributed by atoms with Crippen LogP contribution in [0.3, 0.4) is 0 Å². The maximum Gasteiger partial charge on any atom is 0.453 e. The van der Waals surface area contributed by atoms with Crippen LogP contribution in [0.25, 0.3) is 0 Å². The Morgan fingerprint density at radius 2 is 2.09 bits per heavy atom. The summed E-state index contributed by atoms with van der Waals surface area (Å²) >= 11 is 0. The van der Waals surface area contributed by atoms with Gasteiger partial charge >= 0.3 is 18.0 Å². The molecular formula is C16H24N3O3+. The Bertz CT molecular complexity index is 521. The fourth-order valence-electron chi connectivity index (χ4n) is 2.35. The molecule has 0 bridgehead atoms. The number of urea groups is 2. The molecule has 1 aliphatic heterocycles. The third-order valence-corrected chi connectivity index (χ3v) is 3.90. The summed E-state index contributed by atoms with van der Waals surface area (Å²) in [5, 5.41) is 2.72. The van der Waals surface area contributed by atoms with Crippen LogP contribution in [-0.2, 0) is 4.79 Å². The Kier molecular flexibility index (Phi) is 5.46. The molecule has 1 fully saturated rings. The smallest absolute Gasteiger partial charge is 0.270 e. The molecular weight excluding hydrogens is 282 g/mol. The molecule has 6 nitrogen and oxygen atoms in total. The van der Waals surface area contributed by atoms with E-state index in [2.05, 4.69) is 18.8 Å². The van der Waals surface area contributed by atoms with Crippen molar-refractivity contribution in [3.8, 4) is 0 Å². The highest BCUT2D eigenvalue weighted by molar-refractivity contribution is 6.19. The second kappa shape index (κ2) is 7.33. The first kappa shape index (κ1) is 16.4. The van der Waals surface area contributed by atoms with E-state index < -0.39 is 18.0 Å². The van der Waals surface area contributed by atoms with E-state index in [0.29, 0.717) is 19.0 Å². The van der Waals surface area contributed by atoms with Crippen molar-refractivity contribution >= 4 is 24.2 Å². The Morgan fingerprint density at radius 3 is 2.73 bits per heavy atom. The van der Waals surface area contributed by atoms with E-state index in [4.69, 9.17) is 0 Å². The summed E-state index contributed by atoms with van der Waals surface area (Å²) in [5.74, 6) is -0.0262. The van der Waals surface area contributed by atoms with Crippen LogP contribution in [0.4, 0.5) is 9.59 Å². The first-order valence-corrected chi connectivity index (χ1v) is 8.01. The second-order valence-electron chi connectivity index (χ2n) is 5.96. The lowest BCUT2D eigenvalue weighted by molar-refractivity contribution is -0.331. The first-order valence-electron chi connectivity index (χ1n) is 8.01. The van der Waals surface area contributed by atoms with Gasteiger partial charge in [-0.2, -0.15) is 4.90 Å². The van der Waals surface area contributed by atoms with Crippen LogP contribution < -0.4 is 5.32 Å². The highest BCUT2D eigenvalue weighted by atomic mass is 16.2. The molecule has 5 amide bonds. The number of imide groups is 2. The van der Waals surface area contributed by atoms with Crippen LogP contribution in [0.15, 0.2) is 12.2 Å². The molecule has 0 saturated heterocycles. The van der Waals surface area contributed by atoms with E-state index in [0.717, 1.165) is 48.0 Å². The van der Waals surface area contributed by atoms with E-state index in [9.17, 15) is 14.4 Å². The second-order valence-corrected chi connectivity index (χ2v) is 5.96. The molecule has 1 saturated carbocycles. The van der Waals surface area contributed by atoms with Crippen molar-refractivity contribution in [2.75, 3.05) is 13.1 Å². The van der Waals surface area contributed by atoms with Gasteiger partial charge in [-0.3, -0.25) is 10.1 Å². The molecule has 0 aromatic heterocycles. The summed E-state index contributed by atoms with van der Waals surface area (Å²) < 4.78 is 0.964. The molecule has 0 spiro atoms. The minimum Gasteiger partial charge on any atom is -0.270 e. The van der Waals surface area contributed by atoms with Gasteiger partial charge in [-0.1, -0.05) is 32.8 Å². The summed E-state index contributed by atoms with van der Waals surface area (Å²) in [6, 6.07) is -1.06. The fraction of sp³-hybridized carbons (Fsp3) is 0.625. The molecule has 2 aliphatic rings. The number of rotatable bonds is 7. The van der Waals surface area contributed by atoms with E-state index in [1.807, 2.05) is 0 Å². The normalized spacial score (nSPS) is 18.5. The van der Waals surface area contributed by atoms with Crippen molar-refractivity contribution in [3.05, 3.63) is 12.2 Å². The number of hydrogen-bond acceptors (Lipinski definition) is 3. The lowest BCUT2D eigenvalue weighted by Crippen LogP contribution is -2.52. The van der Waals surface area contributed by atoms with Gasteiger partial charge < -0.3 is 0 Å². The molecule has 2 rings (SSSR count). The Morgan fingerprint density at radius 1 is 1.36 bits per heavy atom. The third kappa shape index (κ3) is 4.02. The zero-order chi connectivity index (χ0) is 16.1. The highest BCUT2D eigenvalue weighted by Crippen LogP contribution is 2.30. The molecule has 120 valence electrons. The SMILES string of the molecule is C=C1C=[N+](C(=O)NCCCCCC)C(=O)N(CC2CC2)C1=O. The van der Waals surface area contributed by atoms with Crippen molar-refractivity contribution in [1.82, 2.24) is 10.2 Å². The Hall–Kier alpha value is -1.98. The fourth-order valence-corrected chi connectivity index (χ4v) is 2.35. The van der Waals surface area contributed by atoms with E-state index in [1.54, 1.807) is 0 Å². The number of unbranched alkanes of at least 4 members (excludes halogenated alkanes) is 3. The summed E-state index contributed by atoms with van der Waals surface area (Å²) in [6.07, 6.45) is 7.47. The largest absolute Gasteiger partial charge is 0.453 e. The molecule has 22 heavy (non-hydrogen) atoms. The van der Waals surface area contributed by atoms with Crippen LogP contribution in [-0.4, -0.2) is 46.7 Å². The van der Waals surface area contributed by atoms with Gasteiger partial charge in [0.1, 0.15) is 0 Å². The topological polar surface area (TPSA) is 69.5 Å². The Balaban J connectivity index is 1.94. The average Bonchev–Trinajstić information content (AvgIpc) is 3.31. The lowest BCUT2D eigenvalue weighted by Gasteiger charge is -2.20. The molecule has 1 N–H and O–H groups in total. The summed E-state index contributed by atoms with van der Waals surface area (Å²) in [5.41, 5.74) is 0.168. The lowest BCUT2D eigenvalue weighted by atomic mass is 10.2. The van der Waals surface area contributed by atoms with Gasteiger partial charge in [0.05, 0.1) is 24.9 Å². The van der Waals surface area contributed by atoms with E-state index >= 15 is 0 Å². The third-order valence-electron chi connectivity index (χ3n) is 3.90. The molecule has 6 heteroatoms. The van der Waals surface area contributed by atoms with Gasteiger partial charge in [-0.25, -0.2) is 9.59 Å². The van der Waals surface area contributed by atoms with Crippen LogP contribution in [0.5, 0.6) is 0 Å². The van der Waals surface area contributed by atoms with Crippen molar-refractivity contribution < 1.29 is 19.0 Å². The van der Waals surface area contributed by atoms with Crippen LogP contribution in [0.2, 0.25) is 0 Å². The maximum absolute atomic E-state index is 12.3. The molecule has 0 atom stereocenters. The minimum atomic E-state index is -0.574. The number of carbonyl (C=O) groups is 3. The van der Waals surface area contributed by atoms with Crippen molar-refractivity contribution in [1.29, 1.82) is 0 Å². The van der Waals surface area contributed by atoms with E-state index in [1.165, 1.54) is 6.21 Å². The predicted molar refractivity (Wildman–Crippen MR) is 82.8 cm³/mol. The van der Waals surface area contributed by atoms with Crippen molar-refractivity contribution in [2.24, 2.45) is 5.92 Å². The highest BCUT2D eigenvalue weighted by Gasteiger charge is 2.42. The molecule has 0 aromatic rings. The average molecular weight is 306 g/mol.